The molecule has 0 atom stereocenters. The van der Waals surface area contributed by atoms with Crippen LogP contribution in [0.4, 0.5) is 0 Å². The summed E-state index contributed by atoms with van der Waals surface area (Å²) in [6.07, 6.45) is 5.13. The molecule has 0 heterocycles. The molecule has 22 heavy (non-hydrogen) atoms. The molecule has 0 radical (unpaired) electrons. The Labute approximate surface area is 129 Å². The van der Waals surface area contributed by atoms with Gasteiger partial charge in [0.05, 0.1) is 6.61 Å². The van der Waals surface area contributed by atoms with Gasteiger partial charge < -0.3 is 9.84 Å². The average Bonchev–Trinajstić information content (AvgIpc) is 2.56. The molecule has 0 aromatic heterocycles. The second-order valence-electron chi connectivity index (χ2n) is 4.36. The van der Waals surface area contributed by atoms with E-state index < -0.39 is 0 Å². The molecule has 0 bridgehead atoms. The van der Waals surface area contributed by atoms with Crippen LogP contribution in [0.2, 0.25) is 0 Å². The van der Waals surface area contributed by atoms with Gasteiger partial charge in [0.25, 0.3) is 0 Å². The molecular weight excluding hydrogens is 280 g/mol. The SMILES string of the molecule is COC/C=C/c1cc(O)cc(C=O)c1.O=Cc1ccccc1. The molecule has 0 aliphatic heterocycles. The smallest absolute Gasteiger partial charge is 0.150 e. The molecule has 114 valence electrons. The van der Waals surface area contributed by atoms with Gasteiger partial charge >= 0.3 is 0 Å². The van der Waals surface area contributed by atoms with Crippen LogP contribution in [0.15, 0.2) is 54.6 Å². The zero-order valence-electron chi connectivity index (χ0n) is 12.3. The van der Waals surface area contributed by atoms with Gasteiger partial charge in [0.15, 0.2) is 0 Å². The van der Waals surface area contributed by atoms with Crippen molar-refractivity contribution >= 4 is 18.6 Å². The second kappa shape index (κ2) is 10.1. The standard InChI is InChI=1S/C11H12O3.C7H6O/c1-14-4-2-3-9-5-10(8-12)7-11(13)6-9;8-6-7-4-2-1-3-5-7/h2-3,5-8,13H,4H2,1H3;1-6H/b3-2+;. The lowest BCUT2D eigenvalue weighted by Gasteiger charge is -1.97. The summed E-state index contributed by atoms with van der Waals surface area (Å²) in [5.74, 6) is 0.0895. The molecule has 0 saturated carbocycles. The van der Waals surface area contributed by atoms with Crippen LogP contribution in [0.1, 0.15) is 26.3 Å². The van der Waals surface area contributed by atoms with E-state index in [-0.39, 0.29) is 5.75 Å². The van der Waals surface area contributed by atoms with Gasteiger partial charge in [0, 0.05) is 18.2 Å². The predicted molar refractivity (Wildman–Crippen MR) is 86.2 cm³/mol. The van der Waals surface area contributed by atoms with Gasteiger partial charge in [-0.1, -0.05) is 42.5 Å². The van der Waals surface area contributed by atoms with E-state index in [1.54, 1.807) is 37.5 Å². The quantitative estimate of drug-likeness (QED) is 0.860. The maximum absolute atomic E-state index is 10.5. The predicted octanol–water partition coefficient (Wildman–Crippen LogP) is 3.36. The number of hydrogen-bond acceptors (Lipinski definition) is 4. The van der Waals surface area contributed by atoms with Crippen molar-refractivity contribution < 1.29 is 19.4 Å². The summed E-state index contributed by atoms with van der Waals surface area (Å²) in [6.45, 7) is 0.506. The third-order valence-electron chi connectivity index (χ3n) is 2.61. The molecule has 2 aromatic rings. The minimum atomic E-state index is 0.0895. The van der Waals surface area contributed by atoms with E-state index in [1.165, 1.54) is 6.07 Å². The van der Waals surface area contributed by atoms with Crippen LogP contribution in [0.25, 0.3) is 6.08 Å². The Morgan fingerprint density at radius 3 is 2.14 bits per heavy atom. The number of ether oxygens (including phenoxy) is 1. The van der Waals surface area contributed by atoms with Crippen LogP contribution in [0, 0.1) is 0 Å². The highest BCUT2D eigenvalue weighted by Gasteiger charge is 1.96. The maximum Gasteiger partial charge on any atom is 0.150 e. The summed E-state index contributed by atoms with van der Waals surface area (Å²) in [5, 5.41) is 9.26. The molecule has 4 nitrogen and oxygen atoms in total. The van der Waals surface area contributed by atoms with Crippen LogP contribution in [0.3, 0.4) is 0 Å². The number of benzene rings is 2. The fraction of sp³-hybridized carbons (Fsp3) is 0.111. The highest BCUT2D eigenvalue weighted by molar-refractivity contribution is 5.77. The Morgan fingerprint density at radius 1 is 0.955 bits per heavy atom. The Hall–Kier alpha value is -2.72. The van der Waals surface area contributed by atoms with E-state index in [0.717, 1.165) is 17.4 Å². The molecule has 2 rings (SSSR count). The zero-order chi connectivity index (χ0) is 16.2. The first-order chi connectivity index (χ1) is 10.7. The van der Waals surface area contributed by atoms with Gasteiger partial charge in [-0.15, -0.1) is 0 Å². The fourth-order valence-corrected chi connectivity index (χ4v) is 1.64. The van der Waals surface area contributed by atoms with Gasteiger partial charge in [0.2, 0.25) is 0 Å². The van der Waals surface area contributed by atoms with Crippen LogP contribution in [-0.2, 0) is 4.74 Å². The van der Waals surface area contributed by atoms with Crippen molar-refractivity contribution in [3.63, 3.8) is 0 Å². The molecule has 4 heteroatoms. The monoisotopic (exact) mass is 298 g/mol. The van der Waals surface area contributed by atoms with E-state index in [9.17, 15) is 14.7 Å². The molecule has 0 aliphatic carbocycles. The summed E-state index contributed by atoms with van der Waals surface area (Å²) in [4.78, 5) is 20.5. The van der Waals surface area contributed by atoms with Crippen molar-refractivity contribution in [1.82, 2.24) is 0 Å². The van der Waals surface area contributed by atoms with Crippen molar-refractivity contribution in [1.29, 1.82) is 0 Å². The van der Waals surface area contributed by atoms with Crippen molar-refractivity contribution in [3.05, 3.63) is 71.3 Å². The topological polar surface area (TPSA) is 63.6 Å². The minimum Gasteiger partial charge on any atom is -0.508 e. The first-order valence-electron chi connectivity index (χ1n) is 6.64. The molecule has 0 amide bonds. The van der Waals surface area contributed by atoms with E-state index in [2.05, 4.69) is 0 Å². The summed E-state index contributed by atoms with van der Waals surface area (Å²) in [6, 6.07) is 13.8. The van der Waals surface area contributed by atoms with Gasteiger partial charge in [-0.25, -0.2) is 0 Å². The van der Waals surface area contributed by atoms with Gasteiger partial charge in [-0.05, 0) is 23.8 Å². The Kier molecular flexibility index (Phi) is 7.93. The van der Waals surface area contributed by atoms with E-state index in [1.807, 2.05) is 24.3 Å². The van der Waals surface area contributed by atoms with Crippen molar-refractivity contribution in [2.75, 3.05) is 13.7 Å². The fourth-order valence-electron chi connectivity index (χ4n) is 1.64. The van der Waals surface area contributed by atoms with E-state index in [4.69, 9.17) is 4.74 Å². The zero-order valence-corrected chi connectivity index (χ0v) is 12.3. The largest absolute Gasteiger partial charge is 0.508 e. The third kappa shape index (κ3) is 6.63. The Balaban J connectivity index is 0.000000255. The molecule has 0 unspecified atom stereocenters. The number of hydrogen-bond donors (Lipinski definition) is 1. The number of phenolic OH excluding ortho intramolecular Hbond substituents is 1. The molecule has 1 N–H and O–H groups in total. The lowest BCUT2D eigenvalue weighted by molar-refractivity contribution is 0.111. The van der Waals surface area contributed by atoms with Crippen LogP contribution < -0.4 is 0 Å². The molecule has 0 spiro atoms. The number of rotatable bonds is 5. The molecule has 2 aromatic carbocycles. The summed E-state index contributed by atoms with van der Waals surface area (Å²) < 4.78 is 4.83. The minimum absolute atomic E-state index is 0.0895. The van der Waals surface area contributed by atoms with Crippen molar-refractivity contribution in [2.24, 2.45) is 0 Å². The summed E-state index contributed by atoms with van der Waals surface area (Å²) in [5.41, 5.74) is 1.97. The number of carbonyl (C=O) groups is 2. The molecule has 0 aliphatic rings. The lowest BCUT2D eigenvalue weighted by atomic mass is 10.1. The number of aldehydes is 2. The molecule has 0 fully saturated rings. The Bertz CT molecular complexity index is 618. The van der Waals surface area contributed by atoms with E-state index in [0.29, 0.717) is 18.5 Å². The van der Waals surface area contributed by atoms with Gasteiger partial charge in [0.1, 0.15) is 18.3 Å². The Morgan fingerprint density at radius 2 is 1.59 bits per heavy atom. The second-order valence-corrected chi connectivity index (χ2v) is 4.36. The lowest BCUT2D eigenvalue weighted by Crippen LogP contribution is -1.83. The van der Waals surface area contributed by atoms with Crippen molar-refractivity contribution in [2.45, 2.75) is 0 Å². The molecular formula is C18H18O4. The van der Waals surface area contributed by atoms with Gasteiger partial charge in [-0.3, -0.25) is 9.59 Å². The van der Waals surface area contributed by atoms with Gasteiger partial charge in [-0.2, -0.15) is 0 Å². The average molecular weight is 298 g/mol. The number of aromatic hydroxyl groups is 1. The highest BCUT2D eigenvalue weighted by atomic mass is 16.5. The summed E-state index contributed by atoms with van der Waals surface area (Å²) >= 11 is 0. The number of methoxy groups -OCH3 is 1. The van der Waals surface area contributed by atoms with Crippen LogP contribution >= 0.6 is 0 Å². The van der Waals surface area contributed by atoms with Crippen LogP contribution in [-0.4, -0.2) is 31.4 Å². The first-order valence-corrected chi connectivity index (χ1v) is 6.64. The van der Waals surface area contributed by atoms with Crippen molar-refractivity contribution in [3.8, 4) is 5.75 Å². The number of phenols is 1. The van der Waals surface area contributed by atoms with E-state index >= 15 is 0 Å². The molecule has 0 saturated heterocycles. The maximum atomic E-state index is 10.5. The summed E-state index contributed by atoms with van der Waals surface area (Å²) in [7, 11) is 1.60. The van der Waals surface area contributed by atoms with Crippen LogP contribution in [0.5, 0.6) is 5.75 Å². The number of carbonyl (C=O) groups excluding carboxylic acids is 2. The highest BCUT2D eigenvalue weighted by Crippen LogP contribution is 2.15. The first kappa shape index (κ1) is 17.3. The normalized spacial score (nSPS) is 9.86. The third-order valence-corrected chi connectivity index (χ3v) is 2.61.